The van der Waals surface area contributed by atoms with E-state index in [4.69, 9.17) is 9.47 Å². The third-order valence-corrected chi connectivity index (χ3v) is 5.60. The van der Waals surface area contributed by atoms with Gasteiger partial charge in [0, 0.05) is 5.56 Å². The van der Waals surface area contributed by atoms with Crippen molar-refractivity contribution >= 4 is 17.7 Å². The fourth-order valence-electron chi connectivity index (χ4n) is 3.27. The van der Waals surface area contributed by atoms with E-state index < -0.39 is 0 Å². The number of amides is 1. The van der Waals surface area contributed by atoms with Gasteiger partial charge in [-0.1, -0.05) is 62.0 Å². The summed E-state index contributed by atoms with van der Waals surface area (Å²) in [7, 11) is 0. The first kappa shape index (κ1) is 20.3. The van der Waals surface area contributed by atoms with Gasteiger partial charge in [0.05, 0.1) is 11.8 Å². The van der Waals surface area contributed by atoms with Gasteiger partial charge in [-0.25, -0.2) is 4.98 Å². The number of fused-ring (bicyclic) bond motifs is 1. The van der Waals surface area contributed by atoms with Crippen molar-refractivity contribution < 1.29 is 14.3 Å². The molecule has 3 aromatic rings. The molecule has 0 spiro atoms. The molecule has 0 saturated carbocycles. The lowest BCUT2D eigenvalue weighted by Crippen LogP contribution is -2.33. The summed E-state index contributed by atoms with van der Waals surface area (Å²) >= 11 is 1.31. The molecule has 7 nitrogen and oxygen atoms in total. The van der Waals surface area contributed by atoms with Crippen LogP contribution in [0.1, 0.15) is 25.5 Å². The molecule has 0 bridgehead atoms. The van der Waals surface area contributed by atoms with Crippen LogP contribution in [0.2, 0.25) is 0 Å². The Morgan fingerprint density at radius 3 is 2.67 bits per heavy atom. The maximum Gasteiger partial charge on any atom is 0.230 e. The van der Waals surface area contributed by atoms with E-state index >= 15 is 0 Å². The minimum absolute atomic E-state index is 0.0698. The number of rotatable bonds is 7. The second kappa shape index (κ2) is 9.21. The lowest BCUT2D eigenvalue weighted by molar-refractivity contribution is -0.119. The van der Waals surface area contributed by atoms with E-state index in [1.807, 2.05) is 48.5 Å². The maximum atomic E-state index is 12.6. The highest BCUT2D eigenvalue weighted by Gasteiger charge is 2.22. The second-order valence-corrected chi connectivity index (χ2v) is 8.26. The molecule has 0 saturated heterocycles. The summed E-state index contributed by atoms with van der Waals surface area (Å²) in [5.74, 6) is 2.54. The monoisotopic (exact) mass is 424 g/mol. The number of nitrogens with one attached hydrogen (secondary N) is 2. The van der Waals surface area contributed by atoms with Crippen molar-refractivity contribution in [3.8, 4) is 22.9 Å². The maximum absolute atomic E-state index is 12.6. The minimum Gasteiger partial charge on any atom is -0.486 e. The Kier molecular flexibility index (Phi) is 6.23. The Morgan fingerprint density at radius 1 is 1.13 bits per heavy atom. The van der Waals surface area contributed by atoms with Crippen LogP contribution in [0.15, 0.2) is 53.7 Å². The van der Waals surface area contributed by atoms with Crippen molar-refractivity contribution in [2.24, 2.45) is 5.92 Å². The number of hydrogen-bond donors (Lipinski definition) is 2. The Balaban J connectivity index is 1.38. The first-order valence-corrected chi connectivity index (χ1v) is 10.9. The van der Waals surface area contributed by atoms with Gasteiger partial charge in [-0.05, 0) is 23.6 Å². The number of H-pyrrole nitrogens is 1. The minimum atomic E-state index is -0.124. The molecule has 156 valence electrons. The van der Waals surface area contributed by atoms with Crippen LogP contribution in [-0.2, 0) is 4.79 Å². The number of aromatic amines is 1. The van der Waals surface area contributed by atoms with Gasteiger partial charge in [-0.2, -0.15) is 0 Å². The largest absolute Gasteiger partial charge is 0.486 e. The van der Waals surface area contributed by atoms with Crippen LogP contribution >= 0.6 is 11.8 Å². The first-order valence-electron chi connectivity index (χ1n) is 9.89. The fourth-order valence-corrected chi connectivity index (χ4v) is 3.88. The summed E-state index contributed by atoms with van der Waals surface area (Å²) < 4.78 is 11.3. The first-order chi connectivity index (χ1) is 14.6. The number of ether oxygens (including phenoxy) is 2. The van der Waals surface area contributed by atoms with Crippen molar-refractivity contribution in [3.05, 3.63) is 54.1 Å². The molecule has 0 fully saturated rings. The van der Waals surface area contributed by atoms with Crippen molar-refractivity contribution in [1.82, 2.24) is 20.5 Å². The molecule has 4 rings (SSSR count). The fraction of sp³-hybridized carbons (Fsp3) is 0.318. The molecule has 0 aliphatic carbocycles. The van der Waals surface area contributed by atoms with E-state index in [0.717, 1.165) is 22.6 Å². The molecule has 1 unspecified atom stereocenters. The van der Waals surface area contributed by atoms with Gasteiger partial charge >= 0.3 is 0 Å². The Hall–Kier alpha value is -3.00. The lowest BCUT2D eigenvalue weighted by Gasteiger charge is -2.25. The molecule has 8 heteroatoms. The van der Waals surface area contributed by atoms with Gasteiger partial charge in [0.2, 0.25) is 11.1 Å². The predicted molar refractivity (Wildman–Crippen MR) is 116 cm³/mol. The number of nitrogens with zero attached hydrogens (tertiary/aromatic N) is 2. The van der Waals surface area contributed by atoms with Crippen LogP contribution in [0, 0.1) is 5.92 Å². The molecule has 2 N–H and O–H groups in total. The molecule has 0 radical (unpaired) electrons. The van der Waals surface area contributed by atoms with Crippen molar-refractivity contribution in [1.29, 1.82) is 0 Å². The Morgan fingerprint density at radius 2 is 1.90 bits per heavy atom. The molecule has 1 aromatic heterocycles. The molecule has 30 heavy (non-hydrogen) atoms. The number of carbonyl (C=O) groups excluding carboxylic acids is 1. The summed E-state index contributed by atoms with van der Waals surface area (Å²) in [6, 6.07) is 15.5. The summed E-state index contributed by atoms with van der Waals surface area (Å²) in [6.07, 6.45) is 0. The zero-order valence-electron chi connectivity index (χ0n) is 16.9. The molecule has 1 aliphatic heterocycles. The van der Waals surface area contributed by atoms with E-state index in [0.29, 0.717) is 24.2 Å². The van der Waals surface area contributed by atoms with Crippen LogP contribution < -0.4 is 14.8 Å². The normalized spacial score (nSPS) is 13.8. The molecule has 2 heterocycles. The van der Waals surface area contributed by atoms with Crippen LogP contribution in [0.3, 0.4) is 0 Å². The van der Waals surface area contributed by atoms with Gasteiger partial charge in [-0.15, -0.1) is 5.10 Å². The Labute approximate surface area is 179 Å². The number of carbonyl (C=O) groups is 1. The second-order valence-electron chi connectivity index (χ2n) is 7.31. The van der Waals surface area contributed by atoms with Gasteiger partial charge in [0.25, 0.3) is 0 Å². The van der Waals surface area contributed by atoms with Crippen molar-refractivity contribution in [2.75, 3.05) is 19.0 Å². The lowest BCUT2D eigenvalue weighted by atomic mass is 9.95. The highest BCUT2D eigenvalue weighted by atomic mass is 32.2. The summed E-state index contributed by atoms with van der Waals surface area (Å²) in [5, 5.41) is 10.8. The third kappa shape index (κ3) is 4.76. The van der Waals surface area contributed by atoms with Gasteiger partial charge in [-0.3, -0.25) is 9.89 Å². The van der Waals surface area contributed by atoms with Gasteiger partial charge in [0.15, 0.2) is 17.3 Å². The summed E-state index contributed by atoms with van der Waals surface area (Å²) in [4.78, 5) is 17.1. The van der Waals surface area contributed by atoms with E-state index in [1.165, 1.54) is 11.8 Å². The number of aromatic nitrogens is 3. The molecule has 1 aliphatic rings. The van der Waals surface area contributed by atoms with Crippen molar-refractivity contribution in [2.45, 2.75) is 25.0 Å². The average Bonchev–Trinajstić information content (AvgIpc) is 3.25. The SMILES string of the molecule is CC(C)C(NC(=O)CSc1n[nH]c(-c2ccccc2)n1)c1ccc2c(c1)OCCO2. The molecular weight excluding hydrogens is 400 g/mol. The zero-order valence-corrected chi connectivity index (χ0v) is 17.7. The van der Waals surface area contributed by atoms with E-state index in [1.54, 1.807) is 0 Å². The zero-order chi connectivity index (χ0) is 20.9. The van der Waals surface area contributed by atoms with Crippen LogP contribution in [-0.4, -0.2) is 40.1 Å². The topological polar surface area (TPSA) is 89.1 Å². The smallest absolute Gasteiger partial charge is 0.230 e. The standard InChI is InChI=1S/C22H24N4O3S/c1-14(2)20(16-8-9-17-18(12-16)29-11-10-28-17)23-19(27)13-30-22-24-21(25-26-22)15-6-4-3-5-7-15/h3-9,12,14,20H,10-11,13H2,1-2H3,(H,23,27)(H,24,25,26). The Bertz CT molecular complexity index is 1010. The quantitative estimate of drug-likeness (QED) is 0.560. The molecular formula is C22H24N4O3S. The van der Waals surface area contributed by atoms with E-state index in [-0.39, 0.29) is 23.6 Å². The number of thioether (sulfide) groups is 1. The molecule has 1 amide bonds. The third-order valence-electron chi connectivity index (χ3n) is 4.75. The van der Waals surface area contributed by atoms with Crippen LogP contribution in [0.25, 0.3) is 11.4 Å². The molecule has 1 atom stereocenters. The van der Waals surface area contributed by atoms with Crippen LogP contribution in [0.4, 0.5) is 0 Å². The summed E-state index contributed by atoms with van der Waals surface area (Å²) in [6.45, 7) is 5.25. The van der Waals surface area contributed by atoms with E-state index in [2.05, 4.69) is 34.3 Å². The average molecular weight is 425 g/mol. The highest BCUT2D eigenvalue weighted by Crippen LogP contribution is 2.34. The number of hydrogen-bond acceptors (Lipinski definition) is 6. The molecule has 2 aromatic carbocycles. The number of benzene rings is 2. The van der Waals surface area contributed by atoms with E-state index in [9.17, 15) is 4.79 Å². The summed E-state index contributed by atoms with van der Waals surface area (Å²) in [5.41, 5.74) is 1.96. The highest BCUT2D eigenvalue weighted by molar-refractivity contribution is 7.99. The van der Waals surface area contributed by atoms with Gasteiger partial charge in [0.1, 0.15) is 13.2 Å². The predicted octanol–water partition coefficient (Wildman–Crippen LogP) is 3.85. The van der Waals surface area contributed by atoms with Crippen LogP contribution in [0.5, 0.6) is 11.5 Å². The van der Waals surface area contributed by atoms with Crippen molar-refractivity contribution in [3.63, 3.8) is 0 Å². The van der Waals surface area contributed by atoms with Gasteiger partial charge < -0.3 is 14.8 Å².